The van der Waals surface area contributed by atoms with Gasteiger partial charge < -0.3 is 29.8 Å². The number of carbonyl (C=O) groups is 1. The zero-order valence-electron chi connectivity index (χ0n) is 17.0. The van der Waals surface area contributed by atoms with Crippen molar-refractivity contribution in [1.82, 2.24) is 10.3 Å². The second-order valence-corrected chi connectivity index (χ2v) is 8.05. The molecule has 0 atom stereocenters. The fourth-order valence-electron chi connectivity index (χ4n) is 3.66. The van der Waals surface area contributed by atoms with Crippen molar-refractivity contribution in [2.45, 2.75) is 0 Å². The second-order valence-electron chi connectivity index (χ2n) is 7.19. The molecular formula is C22H21BrFN3O5. The predicted octanol–water partition coefficient (Wildman–Crippen LogP) is 3.58. The van der Waals surface area contributed by atoms with E-state index < -0.39 is 17.5 Å². The average molecular weight is 506 g/mol. The minimum atomic E-state index is -1.16. The number of ether oxygens (including phenoxy) is 2. The van der Waals surface area contributed by atoms with Crippen molar-refractivity contribution >= 4 is 38.5 Å². The van der Waals surface area contributed by atoms with Gasteiger partial charge in [0.15, 0.2) is 5.75 Å². The van der Waals surface area contributed by atoms with Gasteiger partial charge in [0.1, 0.15) is 12.4 Å². The molecule has 4 rings (SSSR count). The van der Waals surface area contributed by atoms with Crippen LogP contribution in [-0.2, 0) is 4.74 Å². The molecule has 32 heavy (non-hydrogen) atoms. The van der Waals surface area contributed by atoms with Crippen molar-refractivity contribution in [3.05, 3.63) is 57.0 Å². The Kier molecular flexibility index (Phi) is 6.61. The molecule has 168 valence electrons. The summed E-state index contributed by atoms with van der Waals surface area (Å²) in [5.74, 6) is -0.190. The van der Waals surface area contributed by atoms with Gasteiger partial charge in [-0.25, -0.2) is 9.18 Å². The van der Waals surface area contributed by atoms with Crippen LogP contribution in [0.2, 0.25) is 0 Å². The van der Waals surface area contributed by atoms with Gasteiger partial charge in [-0.2, -0.15) is 0 Å². The van der Waals surface area contributed by atoms with E-state index in [2.05, 4.69) is 31.1 Å². The zero-order valence-corrected chi connectivity index (χ0v) is 18.6. The molecule has 1 fully saturated rings. The number of hydrogen-bond donors (Lipinski definition) is 3. The summed E-state index contributed by atoms with van der Waals surface area (Å²) in [5, 5.41) is 11.6. The van der Waals surface area contributed by atoms with E-state index in [0.29, 0.717) is 35.6 Å². The van der Waals surface area contributed by atoms with Crippen molar-refractivity contribution in [3.8, 4) is 17.0 Å². The molecule has 3 aromatic rings. The lowest BCUT2D eigenvalue weighted by atomic mass is 10.0. The summed E-state index contributed by atoms with van der Waals surface area (Å²) in [7, 11) is 0. The number of H-pyrrole nitrogens is 1. The topological polar surface area (TPSA) is 104 Å². The quantitative estimate of drug-likeness (QED) is 0.442. The van der Waals surface area contributed by atoms with E-state index in [9.17, 15) is 14.0 Å². The van der Waals surface area contributed by atoms with Gasteiger partial charge in [0.25, 0.3) is 5.56 Å². The Morgan fingerprint density at radius 3 is 2.72 bits per heavy atom. The number of benzene rings is 2. The van der Waals surface area contributed by atoms with E-state index in [1.807, 2.05) is 18.2 Å². The van der Waals surface area contributed by atoms with Gasteiger partial charge in [-0.15, -0.1) is 0 Å². The molecule has 1 amide bonds. The van der Waals surface area contributed by atoms with Crippen LogP contribution >= 0.6 is 15.9 Å². The number of pyridine rings is 1. The molecule has 10 heteroatoms. The Morgan fingerprint density at radius 2 is 2.00 bits per heavy atom. The van der Waals surface area contributed by atoms with Crippen molar-refractivity contribution in [2.75, 3.05) is 44.4 Å². The number of anilines is 1. The van der Waals surface area contributed by atoms with E-state index in [0.717, 1.165) is 29.3 Å². The van der Waals surface area contributed by atoms with Gasteiger partial charge in [0.05, 0.1) is 36.5 Å². The first-order valence-electron chi connectivity index (χ1n) is 10.0. The van der Waals surface area contributed by atoms with Gasteiger partial charge in [-0.3, -0.25) is 4.79 Å². The van der Waals surface area contributed by atoms with Crippen LogP contribution in [0.15, 0.2) is 45.7 Å². The minimum Gasteiger partial charge on any atom is -0.489 e. The Morgan fingerprint density at radius 1 is 1.22 bits per heavy atom. The third kappa shape index (κ3) is 4.71. The van der Waals surface area contributed by atoms with Gasteiger partial charge in [0.2, 0.25) is 0 Å². The molecule has 0 bridgehead atoms. The van der Waals surface area contributed by atoms with E-state index >= 15 is 0 Å². The van der Waals surface area contributed by atoms with Crippen LogP contribution < -0.4 is 20.5 Å². The molecule has 3 N–H and O–H groups in total. The number of carboxylic acid groups (broad SMARTS) is 1. The fraction of sp³-hybridized carbons (Fsp3) is 0.273. The molecule has 2 aromatic carbocycles. The molecule has 0 aliphatic carbocycles. The number of nitrogens with one attached hydrogen (secondary N) is 2. The molecule has 0 unspecified atom stereocenters. The summed E-state index contributed by atoms with van der Waals surface area (Å²) in [6.45, 7) is 2.96. The number of halogens is 2. The van der Waals surface area contributed by atoms with Crippen LogP contribution in [0.4, 0.5) is 14.9 Å². The Labute approximate surface area is 191 Å². The lowest BCUT2D eigenvalue weighted by molar-refractivity contribution is 0.122. The van der Waals surface area contributed by atoms with Crippen molar-refractivity contribution in [2.24, 2.45) is 0 Å². The Balaban J connectivity index is 1.76. The highest BCUT2D eigenvalue weighted by Crippen LogP contribution is 2.37. The number of rotatable bonds is 6. The highest BCUT2D eigenvalue weighted by atomic mass is 79.9. The first-order valence-corrected chi connectivity index (χ1v) is 10.8. The predicted molar refractivity (Wildman–Crippen MR) is 122 cm³/mol. The van der Waals surface area contributed by atoms with Crippen LogP contribution in [0.3, 0.4) is 0 Å². The monoisotopic (exact) mass is 505 g/mol. The second kappa shape index (κ2) is 9.58. The normalized spacial score (nSPS) is 13.9. The van der Waals surface area contributed by atoms with Crippen LogP contribution in [0, 0.1) is 5.82 Å². The number of aromatic amines is 1. The van der Waals surface area contributed by atoms with Crippen LogP contribution in [0.25, 0.3) is 22.0 Å². The standard InChI is InChI=1S/C22H21BrFN3O5/c23-17-11-13(1-4-18(17)27-6-9-31-10-7-27)19-20(32-8-5-25-22(29)30)15-3-2-14(24)12-16(15)21(28)26-19/h1-4,11-12,25H,5-10H2,(H,26,28)(H,29,30). The molecule has 0 saturated carbocycles. The highest BCUT2D eigenvalue weighted by Gasteiger charge is 2.19. The molecular weight excluding hydrogens is 485 g/mol. The average Bonchev–Trinajstić information content (AvgIpc) is 2.78. The lowest BCUT2D eigenvalue weighted by Crippen LogP contribution is -2.36. The molecule has 1 aliphatic rings. The molecule has 8 nitrogen and oxygen atoms in total. The number of fused-ring (bicyclic) bond motifs is 1. The number of amides is 1. The molecule has 0 radical (unpaired) electrons. The number of hydrogen-bond acceptors (Lipinski definition) is 5. The number of nitrogens with zero attached hydrogens (tertiary/aromatic N) is 1. The van der Waals surface area contributed by atoms with Crippen molar-refractivity contribution in [3.63, 3.8) is 0 Å². The first-order chi connectivity index (χ1) is 15.4. The molecule has 1 aromatic heterocycles. The summed E-state index contributed by atoms with van der Waals surface area (Å²) in [6, 6.07) is 9.60. The smallest absolute Gasteiger partial charge is 0.404 e. The third-order valence-corrected chi connectivity index (χ3v) is 5.78. The van der Waals surface area contributed by atoms with Gasteiger partial charge in [-0.1, -0.05) is 6.07 Å². The maximum atomic E-state index is 13.8. The van der Waals surface area contributed by atoms with Crippen molar-refractivity contribution < 1.29 is 23.8 Å². The molecule has 1 aliphatic heterocycles. The number of aromatic nitrogens is 1. The first kappa shape index (κ1) is 22.1. The van der Waals surface area contributed by atoms with E-state index in [4.69, 9.17) is 14.6 Å². The Bertz CT molecular complexity index is 1210. The third-order valence-electron chi connectivity index (χ3n) is 5.15. The highest BCUT2D eigenvalue weighted by molar-refractivity contribution is 9.10. The van der Waals surface area contributed by atoms with Crippen LogP contribution in [0.5, 0.6) is 5.75 Å². The summed E-state index contributed by atoms with van der Waals surface area (Å²) in [6.07, 6.45) is -1.16. The number of morpholine rings is 1. The summed E-state index contributed by atoms with van der Waals surface area (Å²) in [5.41, 5.74) is 1.69. The largest absolute Gasteiger partial charge is 0.489 e. The SMILES string of the molecule is O=C(O)NCCOc1c(-c2ccc(N3CCOCC3)c(Br)c2)[nH]c(=O)c2cc(F)ccc12. The molecule has 0 spiro atoms. The van der Waals surface area contributed by atoms with Crippen LogP contribution in [-0.4, -0.2) is 55.6 Å². The maximum absolute atomic E-state index is 13.8. The summed E-state index contributed by atoms with van der Waals surface area (Å²) < 4.78 is 25.9. The van der Waals surface area contributed by atoms with E-state index in [1.54, 1.807) is 0 Å². The van der Waals surface area contributed by atoms with Gasteiger partial charge in [0, 0.05) is 28.5 Å². The van der Waals surface area contributed by atoms with Gasteiger partial charge in [-0.05, 0) is 46.3 Å². The Hall–Kier alpha value is -3.11. The van der Waals surface area contributed by atoms with E-state index in [-0.39, 0.29) is 18.5 Å². The zero-order chi connectivity index (χ0) is 22.7. The maximum Gasteiger partial charge on any atom is 0.404 e. The van der Waals surface area contributed by atoms with Gasteiger partial charge >= 0.3 is 6.09 Å². The van der Waals surface area contributed by atoms with Crippen LogP contribution in [0.1, 0.15) is 0 Å². The summed E-state index contributed by atoms with van der Waals surface area (Å²) in [4.78, 5) is 28.4. The lowest BCUT2D eigenvalue weighted by Gasteiger charge is -2.30. The summed E-state index contributed by atoms with van der Waals surface area (Å²) >= 11 is 3.62. The molecule has 1 saturated heterocycles. The minimum absolute atomic E-state index is 0.0326. The molecule has 2 heterocycles. The van der Waals surface area contributed by atoms with Crippen molar-refractivity contribution in [1.29, 1.82) is 0 Å². The fourth-order valence-corrected chi connectivity index (χ4v) is 4.29. The van der Waals surface area contributed by atoms with E-state index in [1.165, 1.54) is 12.1 Å².